The monoisotopic (exact) mass is 597 g/mol. The summed E-state index contributed by atoms with van der Waals surface area (Å²) in [5.41, 5.74) is 8.20. The number of rotatable bonds is 3. The predicted molar refractivity (Wildman–Crippen MR) is 200 cm³/mol. The average molecular weight is 598 g/mol. The first kappa shape index (κ1) is 25.1. The molecule has 0 aliphatic carbocycles. The van der Waals surface area contributed by atoms with Gasteiger partial charge < -0.3 is 4.42 Å². The summed E-state index contributed by atoms with van der Waals surface area (Å²) >= 11 is 0. The van der Waals surface area contributed by atoms with Gasteiger partial charge in [-0.15, -0.1) is 0 Å². The van der Waals surface area contributed by atoms with Gasteiger partial charge in [-0.2, -0.15) is 0 Å². The van der Waals surface area contributed by atoms with E-state index in [1.165, 1.54) is 33.0 Å². The maximum absolute atomic E-state index is 9.80. The van der Waals surface area contributed by atoms with Gasteiger partial charge in [0, 0.05) is 10.8 Å². The Morgan fingerprint density at radius 2 is 0.872 bits per heavy atom. The molecule has 1 heterocycles. The summed E-state index contributed by atoms with van der Waals surface area (Å²) in [6.45, 7) is 0. The van der Waals surface area contributed by atoms with Gasteiger partial charge >= 0.3 is 0 Å². The van der Waals surface area contributed by atoms with Gasteiger partial charge in [0.1, 0.15) is 11.2 Å². The highest BCUT2D eigenvalue weighted by molar-refractivity contribution is 6.28. The van der Waals surface area contributed by atoms with Crippen LogP contribution in [0.3, 0.4) is 0 Å². The van der Waals surface area contributed by atoms with Crippen LogP contribution in [0.5, 0.6) is 0 Å². The molecule has 0 N–H and O–H groups in total. The summed E-state index contributed by atoms with van der Waals surface area (Å²) in [5, 5.41) is 11.2. The minimum absolute atomic E-state index is 0.416. The predicted octanol–water partition coefficient (Wildman–Crippen LogP) is 13.2. The fourth-order valence-electron chi connectivity index (χ4n) is 7.70. The molecule has 0 atom stereocenters. The van der Waals surface area contributed by atoms with E-state index in [0.717, 1.165) is 59.8 Å². The molecule has 10 rings (SSSR count). The van der Waals surface area contributed by atoms with Gasteiger partial charge in [-0.1, -0.05) is 146 Å². The van der Waals surface area contributed by atoms with Crippen molar-refractivity contribution >= 4 is 65.0 Å². The quantitative estimate of drug-likeness (QED) is 0.185. The van der Waals surface area contributed by atoms with Gasteiger partial charge in [0.15, 0.2) is 0 Å². The summed E-state index contributed by atoms with van der Waals surface area (Å²) in [6, 6.07) is 58.5. The molecule has 10 aromatic rings. The lowest BCUT2D eigenvalue weighted by atomic mass is 9.82. The number of fused-ring (bicyclic) bond motifs is 8. The van der Waals surface area contributed by atoms with Crippen LogP contribution in [0, 0.1) is 0 Å². The van der Waals surface area contributed by atoms with Crippen LogP contribution in [0.15, 0.2) is 174 Å². The van der Waals surface area contributed by atoms with Crippen molar-refractivity contribution in [3.63, 3.8) is 0 Å². The smallest absolute Gasteiger partial charge is 0.136 e. The molecule has 0 radical (unpaired) electrons. The Morgan fingerprint density at radius 1 is 0.362 bits per heavy atom. The van der Waals surface area contributed by atoms with Crippen LogP contribution in [0.4, 0.5) is 0 Å². The Kier molecular flexibility index (Phi) is 5.42. The largest absolute Gasteiger partial charge is 0.456 e. The van der Waals surface area contributed by atoms with Gasteiger partial charge in [0.2, 0.25) is 0 Å². The number of hydrogen-bond acceptors (Lipinski definition) is 1. The van der Waals surface area contributed by atoms with Crippen LogP contribution in [0.25, 0.3) is 98.4 Å². The second-order valence-corrected chi connectivity index (χ2v) is 12.3. The molecule has 0 saturated carbocycles. The molecule has 0 spiro atoms. The van der Waals surface area contributed by atoms with Crippen molar-refractivity contribution in [3.05, 3.63) is 170 Å². The molecular weight excluding hydrogens is 569 g/mol. The third kappa shape index (κ3) is 3.90. The van der Waals surface area contributed by atoms with Gasteiger partial charge in [-0.3, -0.25) is 0 Å². The minimum atomic E-state index is 0.416. The minimum Gasteiger partial charge on any atom is -0.456 e. The van der Waals surface area contributed by atoms with Crippen molar-refractivity contribution in [3.8, 4) is 33.4 Å². The Balaban J connectivity index is 1.38. The summed E-state index contributed by atoms with van der Waals surface area (Å²) in [5.74, 6) is 0. The van der Waals surface area contributed by atoms with Gasteiger partial charge in [0.25, 0.3) is 0 Å². The second kappa shape index (κ2) is 10.2. The van der Waals surface area contributed by atoms with Crippen LogP contribution in [0.2, 0.25) is 0 Å². The molecule has 9 aromatic carbocycles. The Morgan fingerprint density at radius 3 is 1.55 bits per heavy atom. The maximum atomic E-state index is 9.80. The zero-order valence-corrected chi connectivity index (χ0v) is 25.5. The Bertz CT molecular complexity index is 2840. The first-order chi connectivity index (χ1) is 23.8. The van der Waals surface area contributed by atoms with Gasteiger partial charge in [-0.25, -0.2) is 0 Å². The van der Waals surface area contributed by atoms with E-state index in [-0.39, 0.29) is 0 Å². The number of benzene rings is 9. The van der Waals surface area contributed by atoms with E-state index in [1.807, 2.05) is 18.2 Å². The van der Waals surface area contributed by atoms with Crippen LogP contribution in [0.1, 0.15) is 1.37 Å². The van der Waals surface area contributed by atoms with E-state index in [1.54, 1.807) is 0 Å². The number of para-hydroxylation sites is 1. The zero-order valence-electron chi connectivity index (χ0n) is 26.5. The number of furan rings is 1. The molecule has 218 valence electrons. The first-order valence-corrected chi connectivity index (χ1v) is 16.1. The molecule has 0 bridgehead atoms. The molecule has 1 nitrogen and oxygen atoms in total. The SMILES string of the molecule is [2H]c1c(-c2c3ccccc3c(-c3cc(-c4ccccc4)cc4ccccc34)c3ccccc23)c2ccccc2c2c1oc1ccccc12. The highest BCUT2D eigenvalue weighted by atomic mass is 16.3. The van der Waals surface area contributed by atoms with Crippen LogP contribution in [-0.4, -0.2) is 0 Å². The molecule has 0 amide bonds. The summed E-state index contributed by atoms with van der Waals surface area (Å²) in [6.07, 6.45) is 0. The van der Waals surface area contributed by atoms with Crippen molar-refractivity contribution in [1.82, 2.24) is 0 Å². The molecule has 1 aromatic heterocycles. The summed E-state index contributed by atoms with van der Waals surface area (Å²) in [7, 11) is 0. The molecule has 1 heteroatoms. The van der Waals surface area contributed by atoms with E-state index in [9.17, 15) is 1.37 Å². The fraction of sp³-hybridized carbons (Fsp3) is 0. The molecule has 47 heavy (non-hydrogen) atoms. The molecule has 0 unspecified atom stereocenters. The maximum Gasteiger partial charge on any atom is 0.136 e. The van der Waals surface area contributed by atoms with E-state index in [2.05, 4.69) is 146 Å². The van der Waals surface area contributed by atoms with Crippen molar-refractivity contribution in [2.24, 2.45) is 0 Å². The highest BCUT2D eigenvalue weighted by Crippen LogP contribution is 2.49. The van der Waals surface area contributed by atoms with Crippen molar-refractivity contribution < 1.29 is 5.79 Å². The topological polar surface area (TPSA) is 13.1 Å². The second-order valence-electron chi connectivity index (χ2n) is 12.3. The zero-order chi connectivity index (χ0) is 31.8. The number of hydrogen-bond donors (Lipinski definition) is 0. The van der Waals surface area contributed by atoms with Gasteiger partial charge in [0.05, 0.1) is 1.37 Å². The Hall–Kier alpha value is -6.18. The summed E-state index contributed by atoms with van der Waals surface area (Å²) in [4.78, 5) is 0. The van der Waals surface area contributed by atoms with Crippen molar-refractivity contribution in [2.45, 2.75) is 0 Å². The normalized spacial score (nSPS) is 12.1. The average Bonchev–Trinajstić information content (AvgIpc) is 3.55. The third-order valence-corrected chi connectivity index (χ3v) is 9.72. The van der Waals surface area contributed by atoms with E-state index in [4.69, 9.17) is 4.42 Å². The summed E-state index contributed by atoms with van der Waals surface area (Å²) < 4.78 is 16.3. The van der Waals surface area contributed by atoms with Gasteiger partial charge in [-0.05, 0) is 101 Å². The highest BCUT2D eigenvalue weighted by Gasteiger charge is 2.22. The van der Waals surface area contributed by atoms with E-state index >= 15 is 0 Å². The molecule has 0 aliphatic heterocycles. The lowest BCUT2D eigenvalue weighted by Crippen LogP contribution is -1.93. The van der Waals surface area contributed by atoms with Crippen LogP contribution in [-0.2, 0) is 0 Å². The lowest BCUT2D eigenvalue weighted by molar-refractivity contribution is 0.669. The van der Waals surface area contributed by atoms with Crippen LogP contribution >= 0.6 is 0 Å². The molecule has 0 aliphatic rings. The standard InChI is InChI=1S/C46H28O/c1-2-14-29(15-3-1)31-26-30-16-4-5-17-32(30)40(27-31)44-35-20-8-10-22-37(35)45(38-23-11-9-21-36(38)44)41-28-43-46(34-19-7-6-18-33(34)41)39-24-12-13-25-42(39)47-43/h1-28H/i28D. The Labute approximate surface area is 273 Å². The third-order valence-electron chi connectivity index (χ3n) is 9.72. The fourth-order valence-corrected chi connectivity index (χ4v) is 7.70. The van der Waals surface area contributed by atoms with Crippen LogP contribution < -0.4 is 0 Å². The van der Waals surface area contributed by atoms with Crippen molar-refractivity contribution in [1.29, 1.82) is 0 Å². The molecule has 0 saturated heterocycles. The van der Waals surface area contributed by atoms with E-state index in [0.29, 0.717) is 11.6 Å². The molecule has 0 fully saturated rings. The first-order valence-electron chi connectivity index (χ1n) is 16.6. The van der Waals surface area contributed by atoms with Crippen molar-refractivity contribution in [2.75, 3.05) is 0 Å². The van der Waals surface area contributed by atoms with E-state index < -0.39 is 0 Å². The lowest BCUT2D eigenvalue weighted by Gasteiger charge is -2.20. The molecular formula is C46H28O.